The number of halogens is 1. The Labute approximate surface area is 91.1 Å². The summed E-state index contributed by atoms with van der Waals surface area (Å²) in [4.78, 5) is 11.3. The zero-order valence-electron chi connectivity index (χ0n) is 8.26. The van der Waals surface area contributed by atoms with E-state index in [2.05, 4.69) is 20.7 Å². The van der Waals surface area contributed by atoms with Crippen LogP contribution in [0.1, 0.15) is 15.9 Å². The highest BCUT2D eigenvalue weighted by Gasteiger charge is 2.14. The Balaban J connectivity index is 3.24. The lowest BCUT2D eigenvalue weighted by Gasteiger charge is -2.09. The van der Waals surface area contributed by atoms with Crippen LogP contribution in [0.3, 0.4) is 0 Å². The zero-order chi connectivity index (χ0) is 10.7. The van der Waals surface area contributed by atoms with Gasteiger partial charge in [-0.1, -0.05) is 0 Å². The molecule has 0 N–H and O–H groups in total. The molecule has 0 saturated carbocycles. The maximum Gasteiger partial charge on any atom is 0.339 e. The van der Waals surface area contributed by atoms with Crippen molar-refractivity contribution < 1.29 is 14.3 Å². The first-order valence-electron chi connectivity index (χ1n) is 4.03. The van der Waals surface area contributed by atoms with Gasteiger partial charge < -0.3 is 9.47 Å². The van der Waals surface area contributed by atoms with Crippen LogP contribution in [-0.2, 0) is 4.74 Å². The van der Waals surface area contributed by atoms with Gasteiger partial charge in [0.15, 0.2) is 0 Å². The number of esters is 1. The third kappa shape index (κ3) is 1.90. The molecule has 0 bridgehead atoms. The molecule has 0 fully saturated rings. The Kier molecular flexibility index (Phi) is 3.52. The van der Waals surface area contributed by atoms with E-state index in [1.54, 1.807) is 19.2 Å². The van der Waals surface area contributed by atoms with E-state index in [1.807, 2.05) is 6.92 Å². The van der Waals surface area contributed by atoms with E-state index in [0.29, 0.717) is 10.0 Å². The Morgan fingerprint density at radius 2 is 2.00 bits per heavy atom. The second-order valence-corrected chi connectivity index (χ2v) is 3.54. The van der Waals surface area contributed by atoms with Crippen LogP contribution in [0, 0.1) is 6.92 Å². The van der Waals surface area contributed by atoms with Crippen molar-refractivity contribution in [3.8, 4) is 5.75 Å². The second kappa shape index (κ2) is 4.46. The van der Waals surface area contributed by atoms with Gasteiger partial charge >= 0.3 is 5.97 Å². The minimum Gasteiger partial charge on any atom is -0.496 e. The molecule has 4 heteroatoms. The summed E-state index contributed by atoms with van der Waals surface area (Å²) >= 11 is 3.33. The van der Waals surface area contributed by atoms with Crippen LogP contribution in [0.4, 0.5) is 0 Å². The SMILES string of the molecule is COC(=O)c1ccc(OC)c(C)c1Br. The van der Waals surface area contributed by atoms with Gasteiger partial charge in [0.2, 0.25) is 0 Å². The summed E-state index contributed by atoms with van der Waals surface area (Å²) in [5, 5.41) is 0. The lowest BCUT2D eigenvalue weighted by atomic mass is 10.1. The van der Waals surface area contributed by atoms with Crippen molar-refractivity contribution in [2.75, 3.05) is 14.2 Å². The van der Waals surface area contributed by atoms with Gasteiger partial charge in [0.05, 0.1) is 19.8 Å². The van der Waals surface area contributed by atoms with E-state index in [1.165, 1.54) is 7.11 Å². The van der Waals surface area contributed by atoms with E-state index in [0.717, 1.165) is 11.3 Å². The van der Waals surface area contributed by atoms with E-state index in [9.17, 15) is 4.79 Å². The van der Waals surface area contributed by atoms with Gasteiger partial charge in [-0.25, -0.2) is 4.79 Å². The number of carbonyl (C=O) groups is 1. The number of hydrogen-bond acceptors (Lipinski definition) is 3. The van der Waals surface area contributed by atoms with Crippen LogP contribution in [0.25, 0.3) is 0 Å². The molecule has 3 nitrogen and oxygen atoms in total. The molecular formula is C10H11BrO3. The molecule has 0 atom stereocenters. The molecule has 0 heterocycles. The highest BCUT2D eigenvalue weighted by molar-refractivity contribution is 9.10. The van der Waals surface area contributed by atoms with E-state index in [-0.39, 0.29) is 5.97 Å². The van der Waals surface area contributed by atoms with Crippen molar-refractivity contribution in [1.82, 2.24) is 0 Å². The maximum absolute atomic E-state index is 11.3. The zero-order valence-corrected chi connectivity index (χ0v) is 9.84. The molecule has 0 aliphatic heterocycles. The Morgan fingerprint density at radius 3 is 2.50 bits per heavy atom. The number of methoxy groups -OCH3 is 2. The average molecular weight is 259 g/mol. The molecule has 0 aliphatic carbocycles. The molecule has 0 saturated heterocycles. The van der Waals surface area contributed by atoms with Gasteiger partial charge in [-0.2, -0.15) is 0 Å². The van der Waals surface area contributed by atoms with Crippen LogP contribution in [0.2, 0.25) is 0 Å². The summed E-state index contributed by atoms with van der Waals surface area (Å²) < 4.78 is 10.5. The van der Waals surface area contributed by atoms with Gasteiger partial charge in [0, 0.05) is 10.0 Å². The maximum atomic E-state index is 11.3. The summed E-state index contributed by atoms with van der Waals surface area (Å²) in [6, 6.07) is 3.41. The first-order chi connectivity index (χ1) is 6.61. The summed E-state index contributed by atoms with van der Waals surface area (Å²) in [6.07, 6.45) is 0. The Bertz CT molecular complexity index is 361. The normalized spacial score (nSPS) is 9.71. The Morgan fingerprint density at radius 1 is 1.36 bits per heavy atom. The first kappa shape index (κ1) is 11.0. The number of benzene rings is 1. The molecular weight excluding hydrogens is 248 g/mol. The van der Waals surface area contributed by atoms with E-state index < -0.39 is 0 Å². The number of carbonyl (C=O) groups excluding carboxylic acids is 1. The van der Waals surface area contributed by atoms with Crippen molar-refractivity contribution in [3.05, 3.63) is 27.7 Å². The lowest BCUT2D eigenvalue weighted by molar-refractivity contribution is 0.0599. The smallest absolute Gasteiger partial charge is 0.339 e. The quantitative estimate of drug-likeness (QED) is 0.765. The van der Waals surface area contributed by atoms with E-state index in [4.69, 9.17) is 4.74 Å². The van der Waals surface area contributed by atoms with Crippen LogP contribution in [-0.4, -0.2) is 20.2 Å². The molecule has 0 spiro atoms. The fourth-order valence-electron chi connectivity index (χ4n) is 1.16. The highest BCUT2D eigenvalue weighted by Crippen LogP contribution is 2.29. The molecule has 0 radical (unpaired) electrons. The van der Waals surface area contributed by atoms with Crippen molar-refractivity contribution in [2.24, 2.45) is 0 Å². The van der Waals surface area contributed by atoms with Gasteiger partial charge in [0.1, 0.15) is 5.75 Å². The predicted molar refractivity (Wildman–Crippen MR) is 56.8 cm³/mol. The predicted octanol–water partition coefficient (Wildman–Crippen LogP) is 2.55. The van der Waals surface area contributed by atoms with Crippen LogP contribution in [0.5, 0.6) is 5.75 Å². The van der Waals surface area contributed by atoms with Gasteiger partial charge in [0.25, 0.3) is 0 Å². The van der Waals surface area contributed by atoms with Gasteiger partial charge in [-0.05, 0) is 35.0 Å². The topological polar surface area (TPSA) is 35.5 Å². The first-order valence-corrected chi connectivity index (χ1v) is 4.82. The van der Waals surface area contributed by atoms with Crippen molar-refractivity contribution >= 4 is 21.9 Å². The fraction of sp³-hybridized carbons (Fsp3) is 0.300. The third-order valence-electron chi connectivity index (χ3n) is 1.96. The van der Waals surface area contributed by atoms with Crippen LogP contribution >= 0.6 is 15.9 Å². The number of ether oxygens (including phenoxy) is 2. The molecule has 1 aromatic rings. The van der Waals surface area contributed by atoms with Crippen LogP contribution in [0.15, 0.2) is 16.6 Å². The summed E-state index contributed by atoms with van der Waals surface area (Å²) in [5.41, 5.74) is 1.39. The van der Waals surface area contributed by atoms with Crippen LogP contribution < -0.4 is 4.74 Å². The highest BCUT2D eigenvalue weighted by atomic mass is 79.9. The second-order valence-electron chi connectivity index (χ2n) is 2.75. The molecule has 0 amide bonds. The summed E-state index contributed by atoms with van der Waals surface area (Å²) in [5.74, 6) is 0.382. The molecule has 1 rings (SSSR count). The monoisotopic (exact) mass is 258 g/mol. The lowest BCUT2D eigenvalue weighted by Crippen LogP contribution is -2.03. The standard InChI is InChI=1S/C10H11BrO3/c1-6-8(13-2)5-4-7(9(6)11)10(12)14-3/h4-5H,1-3H3. The summed E-state index contributed by atoms with van der Waals surface area (Å²) in [6.45, 7) is 1.87. The fourth-order valence-corrected chi connectivity index (χ4v) is 1.65. The minimum atomic E-state index is -0.359. The third-order valence-corrected chi connectivity index (χ3v) is 2.98. The molecule has 0 aromatic heterocycles. The number of rotatable bonds is 2. The largest absolute Gasteiger partial charge is 0.496 e. The minimum absolute atomic E-state index is 0.359. The van der Waals surface area contributed by atoms with Gasteiger partial charge in [-0.15, -0.1) is 0 Å². The average Bonchev–Trinajstić information content (AvgIpc) is 2.21. The molecule has 76 valence electrons. The van der Waals surface area contributed by atoms with E-state index >= 15 is 0 Å². The molecule has 0 aliphatic rings. The number of hydrogen-bond donors (Lipinski definition) is 0. The molecule has 14 heavy (non-hydrogen) atoms. The summed E-state index contributed by atoms with van der Waals surface area (Å²) in [7, 11) is 2.95. The van der Waals surface area contributed by atoms with Crippen molar-refractivity contribution in [3.63, 3.8) is 0 Å². The van der Waals surface area contributed by atoms with Crippen molar-refractivity contribution in [2.45, 2.75) is 6.92 Å². The molecule has 1 aromatic carbocycles. The molecule has 0 unspecified atom stereocenters. The van der Waals surface area contributed by atoms with Crippen molar-refractivity contribution in [1.29, 1.82) is 0 Å². The van der Waals surface area contributed by atoms with Gasteiger partial charge in [-0.3, -0.25) is 0 Å². The Hall–Kier alpha value is -1.03.